The molecule has 0 bridgehead atoms. The minimum Gasteiger partial charge on any atom is -0.497 e. The van der Waals surface area contributed by atoms with Crippen molar-refractivity contribution in [2.45, 2.75) is 39.1 Å². The Kier molecular flexibility index (Phi) is 8.43. The Hall–Kier alpha value is -3.49. The number of carbonyl (C=O) groups is 1. The van der Waals surface area contributed by atoms with E-state index in [-0.39, 0.29) is 18.0 Å². The van der Waals surface area contributed by atoms with Crippen LogP contribution in [0.25, 0.3) is 0 Å². The first-order valence-corrected chi connectivity index (χ1v) is 12.6. The second kappa shape index (κ2) is 11.3. The highest BCUT2D eigenvalue weighted by Crippen LogP contribution is 2.26. The third-order valence-electron chi connectivity index (χ3n) is 5.52. The summed E-state index contributed by atoms with van der Waals surface area (Å²) in [6.07, 6.45) is 1.49. The maximum Gasteiger partial charge on any atom is 0.255 e. The van der Waals surface area contributed by atoms with Crippen LogP contribution in [0.3, 0.4) is 0 Å². The number of carbonyl (C=O) groups excluding carboxylic acids is 1. The van der Waals surface area contributed by atoms with E-state index >= 15 is 0 Å². The summed E-state index contributed by atoms with van der Waals surface area (Å²) in [6, 6.07) is 18.4. The second-order valence-corrected chi connectivity index (χ2v) is 10.4. The van der Waals surface area contributed by atoms with Gasteiger partial charge in [-0.3, -0.25) is 4.79 Å². The molecule has 7 nitrogen and oxygen atoms in total. The van der Waals surface area contributed by atoms with Gasteiger partial charge >= 0.3 is 0 Å². The van der Waals surface area contributed by atoms with Crippen LogP contribution in [0.15, 0.2) is 70.7 Å². The minimum absolute atomic E-state index is 0.0605. The molecule has 0 aliphatic heterocycles. The number of rotatable bonds is 9. The van der Waals surface area contributed by atoms with Gasteiger partial charge in [0.05, 0.1) is 24.8 Å². The van der Waals surface area contributed by atoms with E-state index < -0.39 is 15.9 Å². The van der Waals surface area contributed by atoms with E-state index in [2.05, 4.69) is 10.5 Å². The summed E-state index contributed by atoms with van der Waals surface area (Å²) in [6.45, 7) is 7.13. The van der Waals surface area contributed by atoms with Crippen LogP contribution in [0.5, 0.6) is 5.75 Å². The van der Waals surface area contributed by atoms with Crippen molar-refractivity contribution < 1.29 is 17.9 Å². The van der Waals surface area contributed by atoms with Gasteiger partial charge < -0.3 is 4.74 Å². The number of benzene rings is 3. The van der Waals surface area contributed by atoms with Crippen LogP contribution in [0.1, 0.15) is 33.4 Å². The Labute approximate surface area is 207 Å². The van der Waals surface area contributed by atoms with Gasteiger partial charge in [-0.05, 0) is 74.2 Å². The highest BCUT2D eigenvalue weighted by atomic mass is 32.2. The van der Waals surface area contributed by atoms with Crippen LogP contribution in [0.4, 0.5) is 0 Å². The highest BCUT2D eigenvalue weighted by Gasteiger charge is 2.30. The van der Waals surface area contributed by atoms with Crippen molar-refractivity contribution in [2.24, 2.45) is 5.10 Å². The Balaban J connectivity index is 1.84. The molecular formula is C27H31N3O4S. The van der Waals surface area contributed by atoms with Crippen LogP contribution >= 0.6 is 0 Å². The third kappa shape index (κ3) is 6.77. The van der Waals surface area contributed by atoms with Crippen molar-refractivity contribution >= 4 is 22.1 Å². The number of nitrogens with one attached hydrogen (secondary N) is 1. The lowest BCUT2D eigenvalue weighted by atomic mass is 10.1. The van der Waals surface area contributed by atoms with E-state index in [1.54, 1.807) is 45.2 Å². The number of amides is 1. The third-order valence-corrected chi connectivity index (χ3v) is 7.62. The first-order valence-electron chi connectivity index (χ1n) is 11.2. The normalized spacial score (nSPS) is 11.7. The molecule has 1 N–H and O–H groups in total. The van der Waals surface area contributed by atoms with Gasteiger partial charge in [-0.25, -0.2) is 13.8 Å². The van der Waals surface area contributed by atoms with E-state index in [0.717, 1.165) is 22.3 Å². The van der Waals surface area contributed by atoms with Gasteiger partial charge in [-0.1, -0.05) is 47.5 Å². The molecule has 3 aromatic carbocycles. The molecule has 0 fully saturated rings. The van der Waals surface area contributed by atoms with Crippen molar-refractivity contribution in [3.8, 4) is 5.75 Å². The standard InChI is InChI=1S/C27H31N3O4S/c1-19-6-8-24(9-7-19)17-30(35(32,33)27-21(3)14-20(2)15-22(27)4)18-26(31)29-28-16-23-10-12-25(34-5)13-11-23/h6-16H,17-18H2,1-5H3,(H,29,31). The average Bonchev–Trinajstić information content (AvgIpc) is 2.79. The van der Waals surface area contributed by atoms with E-state index in [9.17, 15) is 13.2 Å². The molecule has 1 amide bonds. The molecule has 8 heteroatoms. The van der Waals surface area contributed by atoms with Crippen molar-refractivity contribution in [3.05, 3.63) is 94.0 Å². The average molecular weight is 494 g/mol. The predicted octanol–water partition coefficient (Wildman–Crippen LogP) is 4.27. The SMILES string of the molecule is COc1ccc(C=NNC(=O)CN(Cc2ccc(C)cc2)S(=O)(=O)c2c(C)cc(C)cc2C)cc1. The van der Waals surface area contributed by atoms with Crippen molar-refractivity contribution in [2.75, 3.05) is 13.7 Å². The molecule has 0 heterocycles. The molecule has 0 aromatic heterocycles. The molecule has 0 saturated heterocycles. The van der Waals surface area contributed by atoms with Gasteiger partial charge in [0.2, 0.25) is 10.0 Å². The lowest BCUT2D eigenvalue weighted by Crippen LogP contribution is -2.39. The Bertz CT molecular complexity index is 1290. The van der Waals surface area contributed by atoms with Gasteiger partial charge in [0.1, 0.15) is 5.75 Å². The smallest absolute Gasteiger partial charge is 0.255 e. The van der Waals surface area contributed by atoms with E-state index in [1.807, 2.05) is 50.2 Å². The molecule has 0 saturated carbocycles. The number of nitrogens with zero attached hydrogens (tertiary/aromatic N) is 2. The molecule has 35 heavy (non-hydrogen) atoms. The number of methoxy groups -OCH3 is 1. The summed E-state index contributed by atoms with van der Waals surface area (Å²) in [5.41, 5.74) is 7.34. The van der Waals surface area contributed by atoms with E-state index in [1.165, 1.54) is 10.5 Å². The zero-order valence-electron chi connectivity index (χ0n) is 20.7. The molecule has 0 aliphatic rings. The first-order chi connectivity index (χ1) is 16.6. The maximum atomic E-state index is 13.7. The maximum absolute atomic E-state index is 13.7. The lowest BCUT2D eigenvalue weighted by Gasteiger charge is -2.24. The molecule has 0 spiro atoms. The number of hydrogen-bond donors (Lipinski definition) is 1. The Morgan fingerprint density at radius 1 is 0.943 bits per heavy atom. The fourth-order valence-electron chi connectivity index (χ4n) is 3.89. The molecule has 0 aliphatic carbocycles. The summed E-state index contributed by atoms with van der Waals surface area (Å²) in [5, 5.41) is 3.98. The molecule has 0 radical (unpaired) electrons. The Morgan fingerprint density at radius 2 is 1.54 bits per heavy atom. The first kappa shape index (κ1) is 26.1. The van der Waals surface area contributed by atoms with Crippen LogP contribution in [-0.4, -0.2) is 38.5 Å². The topological polar surface area (TPSA) is 88.1 Å². The Morgan fingerprint density at radius 3 is 2.11 bits per heavy atom. The molecular weight excluding hydrogens is 462 g/mol. The summed E-state index contributed by atoms with van der Waals surface area (Å²) < 4.78 is 33.8. The lowest BCUT2D eigenvalue weighted by molar-refractivity contribution is -0.121. The van der Waals surface area contributed by atoms with Crippen molar-refractivity contribution in [1.29, 1.82) is 0 Å². The van der Waals surface area contributed by atoms with E-state index in [0.29, 0.717) is 16.9 Å². The zero-order chi connectivity index (χ0) is 25.6. The largest absolute Gasteiger partial charge is 0.497 e. The summed E-state index contributed by atoms with van der Waals surface area (Å²) >= 11 is 0. The quantitative estimate of drug-likeness (QED) is 0.356. The molecule has 184 valence electrons. The molecule has 0 unspecified atom stereocenters. The fourth-order valence-corrected chi connectivity index (χ4v) is 5.69. The second-order valence-electron chi connectivity index (χ2n) is 8.55. The van der Waals surface area contributed by atoms with Gasteiger partial charge in [0.15, 0.2) is 0 Å². The predicted molar refractivity (Wildman–Crippen MR) is 138 cm³/mol. The van der Waals surface area contributed by atoms with Gasteiger partial charge in [0, 0.05) is 6.54 Å². The van der Waals surface area contributed by atoms with Gasteiger partial charge in [-0.2, -0.15) is 9.41 Å². The minimum atomic E-state index is -3.96. The number of hydrazone groups is 1. The molecule has 3 aromatic rings. The number of aryl methyl sites for hydroxylation is 4. The molecule has 0 atom stereocenters. The van der Waals surface area contributed by atoms with Crippen LogP contribution in [0, 0.1) is 27.7 Å². The van der Waals surface area contributed by atoms with Crippen molar-refractivity contribution in [1.82, 2.24) is 9.73 Å². The van der Waals surface area contributed by atoms with Crippen LogP contribution in [0.2, 0.25) is 0 Å². The number of ether oxygens (including phenoxy) is 1. The molecule has 3 rings (SSSR count). The zero-order valence-corrected chi connectivity index (χ0v) is 21.5. The fraction of sp³-hybridized carbons (Fsp3) is 0.259. The van der Waals surface area contributed by atoms with Crippen LogP contribution in [-0.2, 0) is 21.4 Å². The van der Waals surface area contributed by atoms with Crippen LogP contribution < -0.4 is 10.2 Å². The summed E-state index contributed by atoms with van der Waals surface area (Å²) in [5.74, 6) is 0.178. The number of sulfonamides is 1. The monoisotopic (exact) mass is 493 g/mol. The van der Waals surface area contributed by atoms with Crippen molar-refractivity contribution in [3.63, 3.8) is 0 Å². The highest BCUT2D eigenvalue weighted by molar-refractivity contribution is 7.89. The summed E-state index contributed by atoms with van der Waals surface area (Å²) in [7, 11) is -2.38. The van der Waals surface area contributed by atoms with Gasteiger partial charge in [-0.15, -0.1) is 0 Å². The number of hydrogen-bond acceptors (Lipinski definition) is 5. The van der Waals surface area contributed by atoms with E-state index in [4.69, 9.17) is 4.74 Å². The summed E-state index contributed by atoms with van der Waals surface area (Å²) in [4.78, 5) is 13.0. The van der Waals surface area contributed by atoms with Gasteiger partial charge in [0.25, 0.3) is 5.91 Å².